The predicted molar refractivity (Wildman–Crippen MR) is 113 cm³/mol. The van der Waals surface area contributed by atoms with Crippen molar-refractivity contribution in [2.24, 2.45) is 0 Å². The molecule has 1 heterocycles. The molecule has 0 atom stereocenters. The van der Waals surface area contributed by atoms with Gasteiger partial charge in [0, 0.05) is 12.3 Å². The predicted octanol–water partition coefficient (Wildman–Crippen LogP) is 5.22. The van der Waals surface area contributed by atoms with Crippen LogP contribution < -0.4 is 9.41 Å². The third-order valence-electron chi connectivity index (χ3n) is 3.57. The van der Waals surface area contributed by atoms with E-state index in [0.717, 1.165) is 6.92 Å². The van der Waals surface area contributed by atoms with Gasteiger partial charge < -0.3 is 9.47 Å². The van der Waals surface area contributed by atoms with Crippen LogP contribution in [-0.2, 0) is 23.1 Å². The summed E-state index contributed by atoms with van der Waals surface area (Å²) in [5, 5.41) is 0.298. The maximum absolute atomic E-state index is 13.7. The monoisotopic (exact) mass is 456 g/mol. The lowest BCUT2D eigenvalue weighted by molar-refractivity contribution is -0.131. The van der Waals surface area contributed by atoms with Gasteiger partial charge in [0.15, 0.2) is 11.6 Å². The second-order valence-corrected chi connectivity index (χ2v) is 9.19. The van der Waals surface area contributed by atoms with Crippen molar-refractivity contribution in [3.05, 3.63) is 30.1 Å². The van der Waals surface area contributed by atoms with E-state index < -0.39 is 31.2 Å². The lowest BCUT2D eigenvalue weighted by Gasteiger charge is -2.31. The molecule has 0 saturated carbocycles. The fraction of sp³-hybridized carbons (Fsp3) is 0.450. The van der Waals surface area contributed by atoms with Crippen LogP contribution in [0, 0.1) is 5.82 Å². The number of esters is 1. The second kappa shape index (κ2) is 9.72. The number of hydrogen-bond donors (Lipinski definition) is 0. The van der Waals surface area contributed by atoms with Crippen LogP contribution in [-0.4, -0.2) is 35.9 Å². The Balaban J connectivity index is 2.81. The molecule has 0 unspecified atom stereocenters. The number of hydrogen-bond acceptors (Lipinski definition) is 8. The molecule has 11 heteroatoms. The Morgan fingerprint density at radius 1 is 1.13 bits per heavy atom. The number of halogens is 1. The van der Waals surface area contributed by atoms with Gasteiger partial charge in [-0.2, -0.15) is 4.67 Å². The van der Waals surface area contributed by atoms with Crippen LogP contribution in [0.3, 0.4) is 0 Å². The summed E-state index contributed by atoms with van der Waals surface area (Å²) < 4.78 is 49.2. The minimum absolute atomic E-state index is 0.0573. The molecule has 1 amide bonds. The van der Waals surface area contributed by atoms with Crippen LogP contribution in [0.15, 0.2) is 24.3 Å². The molecule has 31 heavy (non-hydrogen) atoms. The highest BCUT2D eigenvalue weighted by atomic mass is 31.2. The number of aromatic nitrogens is 1. The molecule has 1 aromatic heterocycles. The molecule has 170 valence electrons. The smallest absolute Gasteiger partial charge is 0.443 e. The molecule has 0 radical (unpaired) electrons. The molecule has 0 saturated heterocycles. The van der Waals surface area contributed by atoms with Crippen molar-refractivity contribution in [2.75, 3.05) is 17.9 Å². The first-order valence-corrected chi connectivity index (χ1v) is 11.1. The van der Waals surface area contributed by atoms with Crippen molar-refractivity contribution >= 4 is 36.5 Å². The number of pyridine rings is 1. The molecule has 0 spiro atoms. The highest BCUT2D eigenvalue weighted by Crippen LogP contribution is 2.56. The number of ether oxygens (including phenoxy) is 2. The zero-order valence-corrected chi connectivity index (χ0v) is 19.2. The standard InChI is InChI=1S/C20H26FN2O7P/c1-7-27-31(26,28-8-2)23(19(25)30-20(4,5)6)18-17(29-13(3)24)12-14-11-15(21)9-10-16(14)22-18/h9-12H,7-8H2,1-6H3. The van der Waals surface area contributed by atoms with Gasteiger partial charge in [0.1, 0.15) is 11.4 Å². The van der Waals surface area contributed by atoms with Crippen molar-refractivity contribution < 1.29 is 37.1 Å². The summed E-state index contributed by atoms with van der Waals surface area (Å²) in [6.45, 7) is 9.04. The Labute approximate surface area is 180 Å². The average molecular weight is 456 g/mol. The number of nitrogens with zero attached hydrogens (tertiary/aromatic N) is 2. The Kier molecular flexibility index (Phi) is 7.75. The molecule has 0 bridgehead atoms. The van der Waals surface area contributed by atoms with Crippen molar-refractivity contribution in [3.63, 3.8) is 0 Å². The molecule has 0 aliphatic heterocycles. The quantitative estimate of drug-likeness (QED) is 0.412. The van der Waals surface area contributed by atoms with Crippen LogP contribution in [0.25, 0.3) is 10.9 Å². The molecule has 9 nitrogen and oxygen atoms in total. The van der Waals surface area contributed by atoms with E-state index in [-0.39, 0.29) is 30.3 Å². The fourth-order valence-corrected chi connectivity index (χ4v) is 4.16. The summed E-state index contributed by atoms with van der Waals surface area (Å²) in [6, 6.07) is 5.03. The van der Waals surface area contributed by atoms with Crippen LogP contribution in [0.1, 0.15) is 41.5 Å². The van der Waals surface area contributed by atoms with E-state index in [4.69, 9.17) is 18.5 Å². The third-order valence-corrected chi connectivity index (χ3v) is 5.58. The van der Waals surface area contributed by atoms with Crippen molar-refractivity contribution in [3.8, 4) is 5.75 Å². The van der Waals surface area contributed by atoms with Gasteiger partial charge in [-0.25, -0.2) is 18.7 Å². The molecule has 2 aromatic rings. The first kappa shape index (κ1) is 24.7. The van der Waals surface area contributed by atoms with Crippen molar-refractivity contribution in [1.82, 2.24) is 4.98 Å². The Morgan fingerprint density at radius 3 is 2.26 bits per heavy atom. The second-order valence-electron chi connectivity index (χ2n) is 7.34. The fourth-order valence-electron chi connectivity index (χ4n) is 2.59. The van der Waals surface area contributed by atoms with Crippen LogP contribution in [0.5, 0.6) is 5.75 Å². The van der Waals surface area contributed by atoms with E-state index in [1.807, 2.05) is 0 Å². The maximum atomic E-state index is 13.7. The summed E-state index contributed by atoms with van der Waals surface area (Å²) in [7, 11) is -4.32. The Morgan fingerprint density at radius 2 is 1.74 bits per heavy atom. The number of carbonyl (C=O) groups excluding carboxylic acids is 2. The lowest BCUT2D eigenvalue weighted by Crippen LogP contribution is -2.36. The number of rotatable bonds is 7. The van der Waals surface area contributed by atoms with Gasteiger partial charge in [0.25, 0.3) is 0 Å². The minimum Gasteiger partial charge on any atom is -0.443 e. The molecule has 1 aromatic carbocycles. The summed E-state index contributed by atoms with van der Waals surface area (Å²) >= 11 is 0. The zero-order valence-electron chi connectivity index (χ0n) is 18.3. The molecule has 0 N–H and O–H groups in total. The summed E-state index contributed by atoms with van der Waals surface area (Å²) in [5.74, 6) is -1.83. The van der Waals surface area contributed by atoms with Gasteiger partial charge in [-0.15, -0.1) is 0 Å². The number of carbonyl (C=O) groups is 2. The topological polar surface area (TPSA) is 104 Å². The van der Waals surface area contributed by atoms with Gasteiger partial charge >= 0.3 is 19.8 Å². The summed E-state index contributed by atoms with van der Waals surface area (Å²) in [4.78, 5) is 29.1. The molecular weight excluding hydrogens is 430 g/mol. The normalized spacial score (nSPS) is 12.0. The number of anilines is 1. The first-order chi connectivity index (χ1) is 14.4. The Hall–Kier alpha value is -2.55. The highest BCUT2D eigenvalue weighted by molar-refractivity contribution is 7.56. The van der Waals surface area contributed by atoms with Crippen LogP contribution >= 0.6 is 7.75 Å². The first-order valence-electron chi connectivity index (χ1n) is 9.61. The van der Waals surface area contributed by atoms with Gasteiger partial charge in [0.2, 0.25) is 0 Å². The van der Waals surface area contributed by atoms with Gasteiger partial charge in [-0.1, -0.05) is 0 Å². The maximum Gasteiger partial charge on any atom is 0.446 e. The van der Waals surface area contributed by atoms with Crippen molar-refractivity contribution in [2.45, 2.75) is 47.1 Å². The van der Waals surface area contributed by atoms with E-state index in [1.165, 1.54) is 24.3 Å². The highest BCUT2D eigenvalue weighted by Gasteiger charge is 2.44. The lowest BCUT2D eigenvalue weighted by atomic mass is 10.2. The van der Waals surface area contributed by atoms with Gasteiger partial charge in [-0.3, -0.25) is 13.8 Å². The van der Waals surface area contributed by atoms with E-state index in [9.17, 15) is 18.5 Å². The third kappa shape index (κ3) is 6.22. The average Bonchev–Trinajstić information content (AvgIpc) is 2.60. The van der Waals surface area contributed by atoms with E-state index >= 15 is 0 Å². The number of amides is 1. The van der Waals surface area contributed by atoms with Crippen LogP contribution in [0.4, 0.5) is 15.0 Å². The molecule has 2 rings (SSSR count). The SMILES string of the molecule is CCOP(=O)(OCC)N(C(=O)OC(C)(C)C)c1nc2ccc(F)cc2cc1OC(C)=O. The summed E-state index contributed by atoms with van der Waals surface area (Å²) in [6.07, 6.45) is -1.08. The number of benzene rings is 1. The molecular formula is C20H26FN2O7P. The van der Waals surface area contributed by atoms with E-state index in [0.29, 0.717) is 10.1 Å². The molecule has 0 fully saturated rings. The Bertz CT molecular complexity index is 1010. The van der Waals surface area contributed by atoms with Crippen LogP contribution in [0.2, 0.25) is 0 Å². The number of fused-ring (bicyclic) bond motifs is 1. The van der Waals surface area contributed by atoms with Gasteiger partial charge in [0.05, 0.1) is 18.7 Å². The largest absolute Gasteiger partial charge is 0.446 e. The van der Waals surface area contributed by atoms with E-state index in [2.05, 4.69) is 4.98 Å². The molecule has 0 aliphatic rings. The molecule has 0 aliphatic carbocycles. The van der Waals surface area contributed by atoms with Crippen molar-refractivity contribution in [1.29, 1.82) is 0 Å². The zero-order chi connectivity index (χ0) is 23.4. The minimum atomic E-state index is -4.32. The van der Waals surface area contributed by atoms with Gasteiger partial charge in [-0.05, 0) is 58.9 Å². The summed E-state index contributed by atoms with van der Waals surface area (Å²) in [5.41, 5.74) is -0.708. The van der Waals surface area contributed by atoms with E-state index in [1.54, 1.807) is 34.6 Å².